The average Bonchev–Trinajstić information content (AvgIpc) is 3.42. The van der Waals surface area contributed by atoms with Gasteiger partial charge in [-0.3, -0.25) is 19.4 Å². The van der Waals surface area contributed by atoms with Crippen LogP contribution in [0.25, 0.3) is 17.2 Å². The number of ether oxygens (including phenoxy) is 1. The summed E-state index contributed by atoms with van der Waals surface area (Å²) >= 11 is 0. The van der Waals surface area contributed by atoms with Crippen molar-refractivity contribution in [1.82, 2.24) is 19.7 Å². The number of amides is 1. The smallest absolute Gasteiger partial charge is 0.379 e. The number of carbonyl (C=O) groups excluding carboxylic acids is 1. The molecule has 4 aromatic rings. The summed E-state index contributed by atoms with van der Waals surface area (Å²) in [6.45, 7) is 4.51. The Bertz CT molecular complexity index is 1460. The first-order valence-corrected chi connectivity index (χ1v) is 12.8. The lowest BCUT2D eigenvalue weighted by molar-refractivity contribution is -0.137. The van der Waals surface area contributed by atoms with Crippen LogP contribution in [0.15, 0.2) is 85.5 Å². The second-order valence-corrected chi connectivity index (χ2v) is 9.49. The molecule has 7 nitrogen and oxygen atoms in total. The number of nitrogens with zero attached hydrogens (tertiary/aromatic N) is 4. The standard InChI is InChI=1S/C30H28F3N5O2/c31-30(32,33)26-6-1-23(2-7-26)20-38-21-25(18-35-38)28-11-12-34-17-24(28)5-10-29(39)36-27-8-3-22(4-9-27)19-37-13-15-40-16-14-37/h1-12,17-18,21H,13-16,19-20H2,(H,36,39). The van der Waals surface area contributed by atoms with Crippen LogP contribution in [0.4, 0.5) is 18.9 Å². The molecular formula is C30H28F3N5O2. The molecule has 0 aliphatic carbocycles. The number of rotatable bonds is 8. The molecule has 0 radical (unpaired) electrons. The summed E-state index contributed by atoms with van der Waals surface area (Å²) in [7, 11) is 0. The number of hydrogen-bond donors (Lipinski definition) is 1. The van der Waals surface area contributed by atoms with Gasteiger partial charge in [0.25, 0.3) is 0 Å². The maximum absolute atomic E-state index is 12.8. The highest BCUT2D eigenvalue weighted by atomic mass is 19.4. The fraction of sp³-hybridized carbons (Fsp3) is 0.233. The molecule has 0 unspecified atom stereocenters. The van der Waals surface area contributed by atoms with E-state index in [2.05, 4.69) is 20.3 Å². The molecule has 0 bridgehead atoms. The van der Waals surface area contributed by atoms with Gasteiger partial charge >= 0.3 is 6.18 Å². The van der Waals surface area contributed by atoms with Gasteiger partial charge in [0.15, 0.2) is 0 Å². The summed E-state index contributed by atoms with van der Waals surface area (Å²) in [6, 6.07) is 14.6. The van der Waals surface area contributed by atoms with E-state index < -0.39 is 11.7 Å². The van der Waals surface area contributed by atoms with Gasteiger partial charge in [-0.1, -0.05) is 24.3 Å². The number of carbonyl (C=O) groups is 1. The summed E-state index contributed by atoms with van der Waals surface area (Å²) in [6.07, 6.45) is 5.57. The second-order valence-electron chi connectivity index (χ2n) is 9.49. The number of alkyl halides is 3. The molecule has 0 spiro atoms. The van der Waals surface area contributed by atoms with Gasteiger partial charge in [0.05, 0.1) is 31.5 Å². The van der Waals surface area contributed by atoms with Crippen molar-refractivity contribution in [1.29, 1.82) is 0 Å². The number of morpholine rings is 1. The molecule has 1 aliphatic rings. The molecule has 2 aromatic heterocycles. The van der Waals surface area contributed by atoms with Crippen LogP contribution in [-0.4, -0.2) is 51.9 Å². The monoisotopic (exact) mass is 547 g/mol. The molecule has 40 heavy (non-hydrogen) atoms. The van der Waals surface area contributed by atoms with Gasteiger partial charge in [0.1, 0.15) is 0 Å². The van der Waals surface area contributed by atoms with Crippen LogP contribution in [0.5, 0.6) is 0 Å². The van der Waals surface area contributed by atoms with Crippen LogP contribution in [0.1, 0.15) is 22.3 Å². The Labute approximate surface area is 229 Å². The Morgan fingerprint density at radius 1 is 0.950 bits per heavy atom. The van der Waals surface area contributed by atoms with Crippen LogP contribution < -0.4 is 5.32 Å². The number of benzene rings is 2. The Balaban J connectivity index is 1.20. The fourth-order valence-electron chi connectivity index (χ4n) is 4.44. The predicted octanol–water partition coefficient (Wildman–Crippen LogP) is 5.50. The first-order valence-electron chi connectivity index (χ1n) is 12.8. The van der Waals surface area contributed by atoms with E-state index in [1.165, 1.54) is 23.8 Å². The predicted molar refractivity (Wildman–Crippen MR) is 146 cm³/mol. The van der Waals surface area contributed by atoms with Crippen LogP contribution in [-0.2, 0) is 28.8 Å². The molecule has 1 fully saturated rings. The van der Waals surface area contributed by atoms with Crippen molar-refractivity contribution >= 4 is 17.7 Å². The quantitative estimate of drug-likeness (QED) is 0.295. The molecule has 0 saturated carbocycles. The van der Waals surface area contributed by atoms with Gasteiger partial charge < -0.3 is 10.1 Å². The first kappa shape index (κ1) is 27.3. The van der Waals surface area contributed by atoms with E-state index >= 15 is 0 Å². The zero-order valence-corrected chi connectivity index (χ0v) is 21.6. The van der Waals surface area contributed by atoms with Crippen LogP contribution in [0.2, 0.25) is 0 Å². The van der Waals surface area contributed by atoms with Crippen molar-refractivity contribution < 1.29 is 22.7 Å². The molecule has 0 atom stereocenters. The lowest BCUT2D eigenvalue weighted by Crippen LogP contribution is -2.35. The first-order chi connectivity index (χ1) is 19.3. The Morgan fingerprint density at radius 2 is 1.65 bits per heavy atom. The van der Waals surface area contributed by atoms with Crippen molar-refractivity contribution in [2.45, 2.75) is 19.3 Å². The minimum absolute atomic E-state index is 0.270. The van der Waals surface area contributed by atoms with Crippen molar-refractivity contribution in [3.05, 3.63) is 108 Å². The highest BCUT2D eigenvalue weighted by molar-refractivity contribution is 6.02. The maximum Gasteiger partial charge on any atom is 0.416 e. The van der Waals surface area contributed by atoms with Crippen molar-refractivity contribution in [2.24, 2.45) is 0 Å². The number of halogens is 3. The molecular weight excluding hydrogens is 519 g/mol. The highest BCUT2D eigenvalue weighted by Gasteiger charge is 2.29. The number of hydrogen-bond acceptors (Lipinski definition) is 5. The molecule has 10 heteroatoms. The van der Waals surface area contributed by atoms with E-state index in [1.807, 2.05) is 36.5 Å². The summed E-state index contributed by atoms with van der Waals surface area (Å²) < 4.78 is 45.5. The lowest BCUT2D eigenvalue weighted by atomic mass is 10.0. The molecule has 5 rings (SSSR count). The van der Waals surface area contributed by atoms with Gasteiger partial charge in [-0.05, 0) is 53.1 Å². The second kappa shape index (κ2) is 12.3. The zero-order valence-electron chi connectivity index (χ0n) is 21.6. The third-order valence-electron chi connectivity index (χ3n) is 6.57. The third-order valence-corrected chi connectivity index (χ3v) is 6.57. The van der Waals surface area contributed by atoms with Gasteiger partial charge in [0, 0.05) is 61.1 Å². The van der Waals surface area contributed by atoms with E-state index in [9.17, 15) is 18.0 Å². The topological polar surface area (TPSA) is 72.3 Å². The number of anilines is 1. The van der Waals surface area contributed by atoms with Crippen LogP contribution in [0, 0.1) is 0 Å². The van der Waals surface area contributed by atoms with Crippen molar-refractivity contribution in [3.8, 4) is 11.1 Å². The Hall–Kier alpha value is -4.28. The summed E-state index contributed by atoms with van der Waals surface area (Å²) in [5.41, 5.74) is 4.24. The minimum atomic E-state index is -4.37. The van der Waals surface area contributed by atoms with E-state index in [0.717, 1.165) is 61.7 Å². The molecule has 1 N–H and O–H groups in total. The summed E-state index contributed by atoms with van der Waals surface area (Å²) in [5.74, 6) is -0.270. The molecule has 1 amide bonds. The fourth-order valence-corrected chi connectivity index (χ4v) is 4.44. The molecule has 1 saturated heterocycles. The number of nitrogens with one attached hydrogen (secondary N) is 1. The van der Waals surface area contributed by atoms with E-state index in [1.54, 1.807) is 29.3 Å². The molecule has 206 valence electrons. The largest absolute Gasteiger partial charge is 0.416 e. The molecule has 2 aromatic carbocycles. The third kappa shape index (κ3) is 7.22. The SMILES string of the molecule is O=C(C=Cc1cnccc1-c1cnn(Cc2ccc(C(F)(F)F)cc2)c1)Nc1ccc(CN2CCOCC2)cc1. The van der Waals surface area contributed by atoms with Crippen LogP contribution in [0.3, 0.4) is 0 Å². The van der Waals surface area contributed by atoms with E-state index in [4.69, 9.17) is 4.74 Å². The minimum Gasteiger partial charge on any atom is -0.379 e. The Morgan fingerprint density at radius 3 is 2.38 bits per heavy atom. The molecule has 3 heterocycles. The van der Waals surface area contributed by atoms with Gasteiger partial charge in [-0.2, -0.15) is 18.3 Å². The maximum atomic E-state index is 12.8. The van der Waals surface area contributed by atoms with E-state index in [0.29, 0.717) is 17.8 Å². The summed E-state index contributed by atoms with van der Waals surface area (Å²) in [5, 5.41) is 7.24. The highest BCUT2D eigenvalue weighted by Crippen LogP contribution is 2.29. The van der Waals surface area contributed by atoms with Gasteiger partial charge in [0.2, 0.25) is 5.91 Å². The number of aromatic nitrogens is 3. The number of pyridine rings is 1. The Kier molecular flexibility index (Phi) is 8.37. The normalized spacial score (nSPS) is 14.5. The lowest BCUT2D eigenvalue weighted by Gasteiger charge is -2.26. The van der Waals surface area contributed by atoms with E-state index in [-0.39, 0.29) is 5.91 Å². The van der Waals surface area contributed by atoms with Crippen molar-refractivity contribution in [3.63, 3.8) is 0 Å². The van der Waals surface area contributed by atoms with Gasteiger partial charge in [-0.15, -0.1) is 0 Å². The van der Waals surface area contributed by atoms with Crippen molar-refractivity contribution in [2.75, 3.05) is 31.6 Å². The summed E-state index contributed by atoms with van der Waals surface area (Å²) in [4.78, 5) is 19.1. The van der Waals surface area contributed by atoms with Crippen LogP contribution >= 0.6 is 0 Å². The average molecular weight is 548 g/mol. The zero-order chi connectivity index (χ0) is 28.0. The van der Waals surface area contributed by atoms with Gasteiger partial charge in [-0.25, -0.2) is 0 Å². The molecule has 1 aliphatic heterocycles.